The number of hydrogen-bond donors (Lipinski definition) is 1. The van der Waals surface area contributed by atoms with Crippen molar-refractivity contribution in [2.24, 2.45) is 0 Å². The summed E-state index contributed by atoms with van der Waals surface area (Å²) in [6, 6.07) is 0. The van der Waals surface area contributed by atoms with E-state index in [0.29, 0.717) is 17.1 Å². The molecule has 7 nitrogen and oxygen atoms in total. The number of allylic oxidation sites excluding steroid dienone is 1. The Morgan fingerprint density at radius 2 is 1.55 bits per heavy atom. The van der Waals surface area contributed by atoms with Gasteiger partial charge in [0.2, 0.25) is 11.6 Å². The van der Waals surface area contributed by atoms with Gasteiger partial charge in [0.05, 0.1) is 12.0 Å². The van der Waals surface area contributed by atoms with Gasteiger partial charge in [0, 0.05) is 57.7 Å². The zero-order chi connectivity index (χ0) is 15.1. The number of nitrogens with zero attached hydrogens (tertiary/aromatic N) is 4. The summed E-state index contributed by atoms with van der Waals surface area (Å²) in [5.41, 5.74) is 1.89. The monoisotopic (exact) mass is 299 g/mol. The molecule has 0 bridgehead atoms. The highest BCUT2D eigenvalue weighted by molar-refractivity contribution is 6.22. The van der Waals surface area contributed by atoms with Gasteiger partial charge in [-0.25, -0.2) is 4.98 Å². The fourth-order valence-electron chi connectivity index (χ4n) is 2.49. The molecular formula is C15H17N5O2. The minimum absolute atomic E-state index is 0.00546. The van der Waals surface area contributed by atoms with Crippen molar-refractivity contribution >= 4 is 11.6 Å². The maximum absolute atomic E-state index is 12.4. The number of aromatic nitrogens is 2. The molecule has 0 amide bonds. The van der Waals surface area contributed by atoms with Crippen molar-refractivity contribution < 1.29 is 9.59 Å². The van der Waals surface area contributed by atoms with Crippen LogP contribution in [0.5, 0.6) is 0 Å². The van der Waals surface area contributed by atoms with Crippen molar-refractivity contribution in [3.05, 3.63) is 41.9 Å². The Bertz CT molecular complexity index is 647. The van der Waals surface area contributed by atoms with Crippen molar-refractivity contribution in [1.82, 2.24) is 24.7 Å². The van der Waals surface area contributed by atoms with Crippen molar-refractivity contribution in [3.8, 4) is 0 Å². The van der Waals surface area contributed by atoms with Crippen molar-refractivity contribution in [2.75, 3.05) is 39.3 Å². The Morgan fingerprint density at radius 1 is 0.909 bits per heavy atom. The fraction of sp³-hybridized carbons (Fsp3) is 0.400. The minimum atomic E-state index is 0.00546. The van der Waals surface area contributed by atoms with Gasteiger partial charge >= 0.3 is 0 Å². The summed E-state index contributed by atoms with van der Waals surface area (Å²) in [5.74, 6) is 0.0485. The number of nitrogens with one attached hydrogen (secondary N) is 1. The SMILES string of the molecule is O=C1C=C(N2CC2)C(=O)C(N2CC2)=C1N1CC1.c1c[nH]cn1. The average Bonchev–Trinajstić information content (AvgIpc) is 3.37. The molecule has 1 N–H and O–H groups in total. The lowest BCUT2D eigenvalue weighted by atomic mass is 10.0. The van der Waals surface area contributed by atoms with Gasteiger partial charge in [-0.2, -0.15) is 0 Å². The summed E-state index contributed by atoms with van der Waals surface area (Å²) in [4.78, 5) is 36.9. The lowest BCUT2D eigenvalue weighted by molar-refractivity contribution is -0.117. The molecule has 0 radical (unpaired) electrons. The standard InChI is InChI=1S/C12H13N3O2.C3H4N2/c16-9-7-8(13-1-2-13)12(17)11(15-5-6-15)10(9)14-3-4-14;1-2-5-3-4-1/h7H,1-6H2;1-3H,(H,4,5). The third-order valence-electron chi connectivity index (χ3n) is 3.89. The number of hydrogen-bond acceptors (Lipinski definition) is 6. The Morgan fingerprint density at radius 3 is 2.00 bits per heavy atom. The Balaban J connectivity index is 0.000000215. The second-order valence-electron chi connectivity index (χ2n) is 5.64. The molecule has 5 rings (SSSR count). The van der Waals surface area contributed by atoms with E-state index < -0.39 is 0 Å². The second-order valence-corrected chi connectivity index (χ2v) is 5.64. The summed E-state index contributed by atoms with van der Waals surface area (Å²) in [6.45, 7) is 5.41. The highest BCUT2D eigenvalue weighted by Gasteiger charge is 2.43. The summed E-state index contributed by atoms with van der Waals surface area (Å²) in [7, 11) is 0. The predicted molar refractivity (Wildman–Crippen MR) is 78.4 cm³/mol. The van der Waals surface area contributed by atoms with Gasteiger partial charge in [-0.05, 0) is 0 Å². The van der Waals surface area contributed by atoms with Gasteiger partial charge < -0.3 is 19.7 Å². The van der Waals surface area contributed by atoms with Crippen LogP contribution < -0.4 is 0 Å². The molecule has 7 heteroatoms. The van der Waals surface area contributed by atoms with Gasteiger partial charge in [-0.1, -0.05) is 0 Å². The summed E-state index contributed by atoms with van der Waals surface area (Å²) < 4.78 is 0. The van der Waals surface area contributed by atoms with E-state index in [4.69, 9.17) is 0 Å². The average molecular weight is 299 g/mol. The zero-order valence-electron chi connectivity index (χ0n) is 12.2. The van der Waals surface area contributed by atoms with E-state index in [1.54, 1.807) is 18.7 Å². The van der Waals surface area contributed by atoms with Gasteiger partial charge in [0.25, 0.3) is 0 Å². The second kappa shape index (κ2) is 5.01. The molecule has 3 saturated heterocycles. The van der Waals surface area contributed by atoms with Crippen LogP contribution in [0.4, 0.5) is 0 Å². The lowest BCUT2D eigenvalue weighted by Gasteiger charge is -2.21. The largest absolute Gasteiger partial charge is 0.365 e. The topological polar surface area (TPSA) is 71.8 Å². The first-order valence-electron chi connectivity index (χ1n) is 7.48. The predicted octanol–water partition coefficient (Wildman–Crippen LogP) is -0.410. The number of rotatable bonds is 3. The number of carbonyl (C=O) groups excluding carboxylic acids is 2. The molecular weight excluding hydrogens is 282 g/mol. The van der Waals surface area contributed by atoms with Crippen LogP contribution in [0, 0.1) is 0 Å². The Labute approximate surface area is 127 Å². The van der Waals surface area contributed by atoms with Crippen LogP contribution in [0.25, 0.3) is 0 Å². The van der Waals surface area contributed by atoms with E-state index in [9.17, 15) is 9.59 Å². The first-order chi connectivity index (χ1) is 10.8. The van der Waals surface area contributed by atoms with Gasteiger partial charge in [-0.15, -0.1) is 0 Å². The molecule has 4 aliphatic rings. The molecule has 1 aromatic rings. The summed E-state index contributed by atoms with van der Waals surface area (Å²) in [6.07, 6.45) is 6.61. The highest BCUT2D eigenvalue weighted by atomic mass is 16.1. The van der Waals surface area contributed by atoms with Gasteiger partial charge in [0.1, 0.15) is 11.4 Å². The fourth-order valence-corrected chi connectivity index (χ4v) is 2.49. The number of carbonyl (C=O) groups is 2. The molecule has 0 saturated carbocycles. The molecule has 22 heavy (non-hydrogen) atoms. The maximum Gasteiger partial charge on any atom is 0.227 e. The molecule has 0 unspecified atom stereocenters. The number of imidazole rings is 1. The molecule has 0 aromatic carbocycles. The maximum atomic E-state index is 12.4. The number of H-pyrrole nitrogens is 1. The Hall–Kier alpha value is -2.57. The van der Waals surface area contributed by atoms with E-state index in [2.05, 4.69) is 9.97 Å². The first-order valence-corrected chi connectivity index (χ1v) is 7.48. The van der Waals surface area contributed by atoms with Crippen molar-refractivity contribution in [3.63, 3.8) is 0 Å². The van der Waals surface area contributed by atoms with Crippen LogP contribution in [0.15, 0.2) is 41.9 Å². The van der Waals surface area contributed by atoms with E-state index in [1.807, 2.05) is 14.7 Å². The number of aromatic amines is 1. The molecule has 1 aliphatic carbocycles. The molecule has 0 atom stereocenters. The molecule has 0 spiro atoms. The number of Topliss-reactive ketones (excluding diaryl/α,β-unsaturated/α-hetero) is 1. The van der Waals surface area contributed by atoms with Crippen LogP contribution >= 0.6 is 0 Å². The lowest BCUT2D eigenvalue weighted by Crippen LogP contribution is -2.29. The van der Waals surface area contributed by atoms with Crippen molar-refractivity contribution in [2.45, 2.75) is 0 Å². The third-order valence-corrected chi connectivity index (χ3v) is 3.89. The normalized spacial score (nSPS) is 22.4. The molecule has 114 valence electrons. The Kier molecular flexibility index (Phi) is 2.99. The quantitative estimate of drug-likeness (QED) is 0.604. The van der Waals surface area contributed by atoms with Crippen LogP contribution in [0.2, 0.25) is 0 Å². The van der Waals surface area contributed by atoms with Crippen LogP contribution in [-0.2, 0) is 9.59 Å². The third kappa shape index (κ3) is 2.49. The van der Waals surface area contributed by atoms with Gasteiger partial charge in [0.15, 0.2) is 0 Å². The summed E-state index contributed by atoms with van der Waals surface area (Å²) >= 11 is 0. The molecule has 3 aliphatic heterocycles. The highest BCUT2D eigenvalue weighted by Crippen LogP contribution is 2.33. The zero-order valence-corrected chi connectivity index (χ0v) is 12.2. The van der Waals surface area contributed by atoms with Gasteiger partial charge in [-0.3, -0.25) is 9.59 Å². The van der Waals surface area contributed by atoms with Crippen LogP contribution in [0.3, 0.4) is 0 Å². The van der Waals surface area contributed by atoms with Crippen LogP contribution in [0.1, 0.15) is 0 Å². The molecule has 1 aromatic heterocycles. The van der Waals surface area contributed by atoms with Crippen LogP contribution in [-0.4, -0.2) is 75.5 Å². The number of ketones is 2. The minimum Gasteiger partial charge on any atom is -0.365 e. The van der Waals surface area contributed by atoms with E-state index in [-0.39, 0.29) is 11.6 Å². The first kappa shape index (κ1) is 13.1. The molecule has 4 heterocycles. The van der Waals surface area contributed by atoms with Crippen molar-refractivity contribution in [1.29, 1.82) is 0 Å². The van der Waals surface area contributed by atoms with E-state index >= 15 is 0 Å². The smallest absolute Gasteiger partial charge is 0.227 e. The summed E-state index contributed by atoms with van der Waals surface area (Å²) in [5, 5.41) is 0. The molecule has 3 fully saturated rings. The van der Waals surface area contributed by atoms with E-state index in [1.165, 1.54) is 6.08 Å². The van der Waals surface area contributed by atoms with E-state index in [0.717, 1.165) is 39.3 Å².